The largest absolute Gasteiger partial charge is 0.513 e. The molecule has 0 spiro atoms. The zero-order valence-corrected chi connectivity index (χ0v) is 6.64. The van der Waals surface area contributed by atoms with Crippen molar-refractivity contribution >= 4 is 0 Å². The Hall–Kier alpha value is -0.460. The molecule has 58 valence electrons. The van der Waals surface area contributed by atoms with Crippen LogP contribution in [0.1, 0.15) is 39.0 Å². The molecule has 0 radical (unpaired) electrons. The molecule has 0 atom stereocenters. The van der Waals surface area contributed by atoms with E-state index in [4.69, 9.17) is 5.11 Å². The fourth-order valence-electron chi connectivity index (χ4n) is 1.64. The molecule has 1 nitrogen and oxygen atoms in total. The second kappa shape index (κ2) is 3.65. The summed E-state index contributed by atoms with van der Waals surface area (Å²) in [6, 6.07) is 0. The van der Waals surface area contributed by atoms with Gasteiger partial charge in [-0.15, -0.1) is 0 Å². The van der Waals surface area contributed by atoms with Crippen LogP contribution in [0.4, 0.5) is 0 Å². The number of rotatable bonds is 1. The number of allylic oxidation sites excluding steroid dienone is 2. The van der Waals surface area contributed by atoms with E-state index in [1.807, 2.05) is 6.08 Å². The van der Waals surface area contributed by atoms with E-state index in [2.05, 4.69) is 0 Å². The van der Waals surface area contributed by atoms with Crippen molar-refractivity contribution in [2.75, 3.05) is 0 Å². The Morgan fingerprint density at radius 1 is 1.30 bits per heavy atom. The number of hydrogen-bond donors (Lipinski definition) is 1. The summed E-state index contributed by atoms with van der Waals surface area (Å²) in [5, 5.41) is 8.97. The molecule has 0 heterocycles. The van der Waals surface area contributed by atoms with Crippen molar-refractivity contribution in [2.45, 2.75) is 39.0 Å². The minimum Gasteiger partial charge on any atom is -0.513 e. The van der Waals surface area contributed by atoms with E-state index in [9.17, 15) is 0 Å². The molecule has 0 amide bonds. The lowest BCUT2D eigenvalue weighted by atomic mass is 9.89. The highest BCUT2D eigenvalue weighted by atomic mass is 16.3. The monoisotopic (exact) mass is 140 g/mol. The predicted octanol–water partition coefficient (Wildman–Crippen LogP) is 3.03. The maximum absolute atomic E-state index is 8.97. The SMILES string of the molecule is CC(O)=CC1CCCCC1. The summed E-state index contributed by atoms with van der Waals surface area (Å²) in [4.78, 5) is 0. The molecule has 1 N–H and O–H groups in total. The fraction of sp³-hybridized carbons (Fsp3) is 0.778. The van der Waals surface area contributed by atoms with Crippen LogP contribution in [-0.2, 0) is 0 Å². The van der Waals surface area contributed by atoms with Crippen LogP contribution in [0.2, 0.25) is 0 Å². The van der Waals surface area contributed by atoms with E-state index < -0.39 is 0 Å². The van der Waals surface area contributed by atoms with Gasteiger partial charge in [-0.2, -0.15) is 0 Å². The van der Waals surface area contributed by atoms with Crippen LogP contribution in [0, 0.1) is 5.92 Å². The molecule has 0 saturated heterocycles. The van der Waals surface area contributed by atoms with Gasteiger partial charge in [0.05, 0.1) is 5.76 Å². The van der Waals surface area contributed by atoms with E-state index in [1.54, 1.807) is 6.92 Å². The van der Waals surface area contributed by atoms with Gasteiger partial charge in [0, 0.05) is 0 Å². The van der Waals surface area contributed by atoms with Gasteiger partial charge in [0.1, 0.15) is 0 Å². The van der Waals surface area contributed by atoms with E-state index in [0.717, 1.165) is 0 Å². The van der Waals surface area contributed by atoms with Gasteiger partial charge < -0.3 is 5.11 Å². The third-order valence-electron chi connectivity index (χ3n) is 2.13. The van der Waals surface area contributed by atoms with Crippen molar-refractivity contribution < 1.29 is 5.11 Å². The number of hydrogen-bond acceptors (Lipinski definition) is 1. The molecule has 1 fully saturated rings. The number of aliphatic hydroxyl groups excluding tert-OH is 1. The summed E-state index contributed by atoms with van der Waals surface area (Å²) in [6.45, 7) is 1.76. The predicted molar refractivity (Wildman–Crippen MR) is 43.0 cm³/mol. The normalized spacial score (nSPS) is 23.1. The maximum atomic E-state index is 8.97. The van der Waals surface area contributed by atoms with Crippen molar-refractivity contribution in [1.82, 2.24) is 0 Å². The van der Waals surface area contributed by atoms with Gasteiger partial charge in [-0.25, -0.2) is 0 Å². The fourth-order valence-corrected chi connectivity index (χ4v) is 1.64. The van der Waals surface area contributed by atoms with Gasteiger partial charge in [0.25, 0.3) is 0 Å². The first kappa shape index (κ1) is 7.64. The van der Waals surface area contributed by atoms with Crippen molar-refractivity contribution in [2.24, 2.45) is 5.92 Å². The minimum atomic E-state index is 0.493. The van der Waals surface area contributed by atoms with Crippen molar-refractivity contribution in [3.05, 3.63) is 11.8 Å². The lowest BCUT2D eigenvalue weighted by molar-refractivity contribution is 0.376. The molecule has 0 bridgehead atoms. The van der Waals surface area contributed by atoms with Crippen LogP contribution in [0.25, 0.3) is 0 Å². The molecule has 0 aromatic heterocycles. The molecule has 1 heteroatoms. The van der Waals surface area contributed by atoms with E-state index in [1.165, 1.54) is 32.1 Å². The lowest BCUT2D eigenvalue weighted by Crippen LogP contribution is -2.03. The molecular weight excluding hydrogens is 124 g/mol. The Balaban J connectivity index is 2.33. The molecule has 0 aliphatic heterocycles. The first-order valence-electron chi connectivity index (χ1n) is 4.16. The summed E-state index contributed by atoms with van der Waals surface area (Å²) in [5.74, 6) is 1.16. The summed E-state index contributed by atoms with van der Waals surface area (Å²) in [7, 11) is 0. The van der Waals surface area contributed by atoms with Crippen LogP contribution < -0.4 is 0 Å². The van der Waals surface area contributed by atoms with Gasteiger partial charge in [-0.05, 0) is 31.8 Å². The molecular formula is C9H16O. The minimum absolute atomic E-state index is 0.493. The molecule has 1 aliphatic carbocycles. The average Bonchev–Trinajstić information content (AvgIpc) is 1.88. The Labute approximate surface area is 62.8 Å². The Morgan fingerprint density at radius 2 is 1.90 bits per heavy atom. The van der Waals surface area contributed by atoms with Crippen LogP contribution in [0.15, 0.2) is 11.8 Å². The van der Waals surface area contributed by atoms with E-state index >= 15 is 0 Å². The zero-order chi connectivity index (χ0) is 7.40. The maximum Gasteiger partial charge on any atom is 0.0854 e. The van der Waals surface area contributed by atoms with Gasteiger partial charge in [0.2, 0.25) is 0 Å². The molecule has 1 saturated carbocycles. The van der Waals surface area contributed by atoms with E-state index in [0.29, 0.717) is 11.7 Å². The molecule has 0 unspecified atom stereocenters. The molecule has 1 aliphatic rings. The van der Waals surface area contributed by atoms with Gasteiger partial charge in [-0.1, -0.05) is 19.3 Å². The smallest absolute Gasteiger partial charge is 0.0854 e. The highest BCUT2D eigenvalue weighted by Crippen LogP contribution is 2.24. The second-order valence-corrected chi connectivity index (χ2v) is 3.21. The van der Waals surface area contributed by atoms with Crippen LogP contribution in [0.5, 0.6) is 0 Å². The lowest BCUT2D eigenvalue weighted by Gasteiger charge is -2.17. The molecule has 10 heavy (non-hydrogen) atoms. The summed E-state index contributed by atoms with van der Waals surface area (Å²) in [6.07, 6.45) is 8.62. The summed E-state index contributed by atoms with van der Waals surface area (Å²) >= 11 is 0. The summed E-state index contributed by atoms with van der Waals surface area (Å²) in [5.41, 5.74) is 0. The molecule has 1 rings (SSSR count). The van der Waals surface area contributed by atoms with Gasteiger partial charge >= 0.3 is 0 Å². The first-order chi connectivity index (χ1) is 4.79. The van der Waals surface area contributed by atoms with Gasteiger partial charge in [-0.3, -0.25) is 0 Å². The Morgan fingerprint density at radius 3 is 2.40 bits per heavy atom. The van der Waals surface area contributed by atoms with Crippen LogP contribution in [-0.4, -0.2) is 5.11 Å². The summed E-state index contributed by atoms with van der Waals surface area (Å²) < 4.78 is 0. The van der Waals surface area contributed by atoms with Crippen molar-refractivity contribution in [1.29, 1.82) is 0 Å². The average molecular weight is 140 g/mol. The first-order valence-corrected chi connectivity index (χ1v) is 4.16. The zero-order valence-electron chi connectivity index (χ0n) is 6.64. The standard InChI is InChI=1S/C9H16O/c1-8(10)7-9-5-3-2-4-6-9/h7,9-10H,2-6H2,1H3. The van der Waals surface area contributed by atoms with Crippen LogP contribution >= 0.6 is 0 Å². The van der Waals surface area contributed by atoms with Gasteiger partial charge in [0.15, 0.2) is 0 Å². The highest BCUT2D eigenvalue weighted by molar-refractivity contribution is 4.92. The van der Waals surface area contributed by atoms with Crippen molar-refractivity contribution in [3.8, 4) is 0 Å². The second-order valence-electron chi connectivity index (χ2n) is 3.21. The third kappa shape index (κ3) is 2.42. The number of aliphatic hydroxyl groups is 1. The molecule has 0 aromatic rings. The third-order valence-corrected chi connectivity index (χ3v) is 2.13. The Kier molecular flexibility index (Phi) is 2.79. The quantitative estimate of drug-likeness (QED) is 0.555. The highest BCUT2D eigenvalue weighted by Gasteiger charge is 2.10. The van der Waals surface area contributed by atoms with E-state index in [-0.39, 0.29) is 0 Å². The Bertz CT molecular complexity index is 117. The van der Waals surface area contributed by atoms with Crippen molar-refractivity contribution in [3.63, 3.8) is 0 Å². The van der Waals surface area contributed by atoms with Crippen LogP contribution in [0.3, 0.4) is 0 Å². The topological polar surface area (TPSA) is 20.2 Å². The molecule has 0 aromatic carbocycles.